The lowest BCUT2D eigenvalue weighted by Crippen LogP contribution is -2.15. The summed E-state index contributed by atoms with van der Waals surface area (Å²) in [6, 6.07) is 7.79. The fourth-order valence-corrected chi connectivity index (χ4v) is 1.76. The van der Waals surface area contributed by atoms with E-state index in [9.17, 15) is 0 Å². The molecule has 17 heavy (non-hydrogen) atoms. The number of methoxy groups -OCH3 is 1. The average Bonchev–Trinajstić information content (AvgIpc) is 2.75. The second kappa shape index (κ2) is 5.01. The monoisotopic (exact) mass is 231 g/mol. The molecule has 2 rings (SSSR count). The molecule has 0 radical (unpaired) electrons. The van der Waals surface area contributed by atoms with Gasteiger partial charge in [-0.3, -0.25) is 0 Å². The lowest BCUT2D eigenvalue weighted by molar-refractivity contribution is 0.414. The Labute approximate surface area is 101 Å². The molecule has 90 valence electrons. The van der Waals surface area contributed by atoms with Crippen LogP contribution in [0.15, 0.2) is 36.7 Å². The number of hydrogen-bond acceptors (Lipinski definition) is 3. The number of hydrogen-bond donors (Lipinski definition) is 1. The number of aromatic nitrogens is 2. The van der Waals surface area contributed by atoms with Crippen LogP contribution in [0.3, 0.4) is 0 Å². The summed E-state index contributed by atoms with van der Waals surface area (Å²) in [5.41, 5.74) is 7.24. The highest BCUT2D eigenvalue weighted by molar-refractivity contribution is 5.29. The van der Waals surface area contributed by atoms with Gasteiger partial charge in [0.25, 0.3) is 0 Å². The van der Waals surface area contributed by atoms with Crippen molar-refractivity contribution in [3.05, 3.63) is 48.0 Å². The van der Waals surface area contributed by atoms with E-state index in [1.54, 1.807) is 13.3 Å². The van der Waals surface area contributed by atoms with Gasteiger partial charge in [-0.1, -0.05) is 12.1 Å². The van der Waals surface area contributed by atoms with Gasteiger partial charge in [-0.15, -0.1) is 0 Å². The van der Waals surface area contributed by atoms with Crippen molar-refractivity contribution in [3.8, 4) is 5.75 Å². The van der Waals surface area contributed by atoms with Crippen LogP contribution < -0.4 is 10.5 Å². The zero-order valence-electron chi connectivity index (χ0n) is 10.1. The third-order valence-corrected chi connectivity index (χ3v) is 2.87. The highest BCUT2D eigenvalue weighted by atomic mass is 16.5. The molecule has 4 nitrogen and oxygen atoms in total. The highest BCUT2D eigenvalue weighted by Crippen LogP contribution is 2.18. The molecular formula is C13H17N3O. The van der Waals surface area contributed by atoms with Crippen LogP contribution in [-0.2, 0) is 13.5 Å². The van der Waals surface area contributed by atoms with Gasteiger partial charge in [0.15, 0.2) is 0 Å². The van der Waals surface area contributed by atoms with E-state index in [-0.39, 0.29) is 6.04 Å². The highest BCUT2D eigenvalue weighted by Gasteiger charge is 2.09. The van der Waals surface area contributed by atoms with E-state index in [0.717, 1.165) is 23.6 Å². The Kier molecular flexibility index (Phi) is 3.44. The molecular weight excluding hydrogens is 214 g/mol. The van der Waals surface area contributed by atoms with Crippen molar-refractivity contribution in [2.24, 2.45) is 12.8 Å². The first-order valence-corrected chi connectivity index (χ1v) is 5.56. The maximum absolute atomic E-state index is 6.15. The summed E-state index contributed by atoms with van der Waals surface area (Å²) in [4.78, 5) is 4.27. The Hall–Kier alpha value is -1.81. The van der Waals surface area contributed by atoms with Crippen LogP contribution in [0.5, 0.6) is 5.75 Å². The van der Waals surface area contributed by atoms with Crippen molar-refractivity contribution >= 4 is 0 Å². The van der Waals surface area contributed by atoms with Crippen LogP contribution in [0.25, 0.3) is 0 Å². The first-order chi connectivity index (χ1) is 8.20. The van der Waals surface area contributed by atoms with Crippen molar-refractivity contribution in [2.75, 3.05) is 7.11 Å². The van der Waals surface area contributed by atoms with Gasteiger partial charge in [-0.25, -0.2) is 4.98 Å². The molecule has 0 aliphatic carbocycles. The minimum atomic E-state index is -0.0398. The molecule has 0 aliphatic heterocycles. The first kappa shape index (κ1) is 11.7. The minimum absolute atomic E-state index is 0.0398. The van der Waals surface area contributed by atoms with Gasteiger partial charge in [0, 0.05) is 31.9 Å². The van der Waals surface area contributed by atoms with Crippen molar-refractivity contribution in [2.45, 2.75) is 12.5 Å². The largest absolute Gasteiger partial charge is 0.497 e. The number of benzene rings is 1. The molecule has 1 aromatic carbocycles. The van der Waals surface area contributed by atoms with Crippen LogP contribution in [0, 0.1) is 0 Å². The summed E-state index contributed by atoms with van der Waals surface area (Å²) in [6.45, 7) is 0. The minimum Gasteiger partial charge on any atom is -0.497 e. The molecule has 0 saturated heterocycles. The van der Waals surface area contributed by atoms with Crippen LogP contribution >= 0.6 is 0 Å². The molecule has 0 bridgehead atoms. The summed E-state index contributed by atoms with van der Waals surface area (Å²) < 4.78 is 7.11. The third kappa shape index (κ3) is 2.65. The first-order valence-electron chi connectivity index (χ1n) is 5.56. The van der Waals surface area contributed by atoms with Gasteiger partial charge in [-0.05, 0) is 17.7 Å². The molecule has 1 heterocycles. The molecule has 0 aliphatic rings. The van der Waals surface area contributed by atoms with Gasteiger partial charge in [0.05, 0.1) is 7.11 Å². The normalized spacial score (nSPS) is 12.4. The van der Waals surface area contributed by atoms with Crippen LogP contribution in [-0.4, -0.2) is 16.7 Å². The Morgan fingerprint density at radius 3 is 2.59 bits per heavy atom. The molecule has 4 heteroatoms. The van der Waals surface area contributed by atoms with Crippen LogP contribution in [0.2, 0.25) is 0 Å². The number of nitrogens with two attached hydrogens (primary N) is 1. The standard InChI is InChI=1S/C13H17N3O/c1-16-8-7-15-13(16)9-12(14)10-3-5-11(17-2)6-4-10/h3-8,12H,9,14H2,1-2H3. The molecule has 2 N–H and O–H groups in total. The predicted octanol–water partition coefficient (Wildman–Crippen LogP) is 1.67. The smallest absolute Gasteiger partial charge is 0.118 e. The summed E-state index contributed by atoms with van der Waals surface area (Å²) in [5.74, 6) is 1.84. The second-order valence-electron chi connectivity index (χ2n) is 4.04. The van der Waals surface area contributed by atoms with Crippen molar-refractivity contribution in [1.82, 2.24) is 9.55 Å². The quantitative estimate of drug-likeness (QED) is 0.870. The molecule has 2 aromatic rings. The average molecular weight is 231 g/mol. The summed E-state index contributed by atoms with van der Waals surface area (Å²) in [6.07, 6.45) is 4.45. The predicted molar refractivity (Wildman–Crippen MR) is 66.8 cm³/mol. The molecule has 1 atom stereocenters. The number of nitrogens with zero attached hydrogens (tertiary/aromatic N) is 2. The van der Waals surface area contributed by atoms with E-state index in [2.05, 4.69) is 4.98 Å². The van der Waals surface area contributed by atoms with E-state index in [1.807, 2.05) is 42.1 Å². The number of ether oxygens (including phenoxy) is 1. The summed E-state index contributed by atoms with van der Waals surface area (Å²) >= 11 is 0. The van der Waals surface area contributed by atoms with E-state index in [0.29, 0.717) is 0 Å². The van der Waals surface area contributed by atoms with Gasteiger partial charge < -0.3 is 15.0 Å². The van der Waals surface area contributed by atoms with E-state index < -0.39 is 0 Å². The summed E-state index contributed by atoms with van der Waals surface area (Å²) in [5, 5.41) is 0. The number of rotatable bonds is 4. The third-order valence-electron chi connectivity index (χ3n) is 2.87. The molecule has 1 unspecified atom stereocenters. The van der Waals surface area contributed by atoms with Crippen molar-refractivity contribution in [1.29, 1.82) is 0 Å². The zero-order chi connectivity index (χ0) is 12.3. The van der Waals surface area contributed by atoms with Crippen molar-refractivity contribution in [3.63, 3.8) is 0 Å². The van der Waals surface area contributed by atoms with Gasteiger partial charge in [0.2, 0.25) is 0 Å². The van der Waals surface area contributed by atoms with E-state index in [1.165, 1.54) is 0 Å². The molecule has 0 saturated carbocycles. The lowest BCUT2D eigenvalue weighted by Gasteiger charge is -2.12. The second-order valence-corrected chi connectivity index (χ2v) is 4.04. The van der Waals surface area contributed by atoms with Crippen LogP contribution in [0.1, 0.15) is 17.4 Å². The van der Waals surface area contributed by atoms with Gasteiger partial charge >= 0.3 is 0 Å². The Morgan fingerprint density at radius 1 is 1.35 bits per heavy atom. The molecule has 0 spiro atoms. The Morgan fingerprint density at radius 2 is 2.06 bits per heavy atom. The maximum Gasteiger partial charge on any atom is 0.118 e. The number of aryl methyl sites for hydroxylation is 1. The Bertz CT molecular complexity index is 476. The van der Waals surface area contributed by atoms with Gasteiger partial charge in [0.1, 0.15) is 11.6 Å². The zero-order valence-corrected chi connectivity index (χ0v) is 10.1. The topological polar surface area (TPSA) is 53.1 Å². The Balaban J connectivity index is 2.09. The molecule has 0 amide bonds. The lowest BCUT2D eigenvalue weighted by atomic mass is 10.0. The van der Waals surface area contributed by atoms with E-state index in [4.69, 9.17) is 10.5 Å². The SMILES string of the molecule is COc1ccc(C(N)Cc2nccn2C)cc1. The maximum atomic E-state index is 6.15. The molecule has 0 fully saturated rings. The van der Waals surface area contributed by atoms with E-state index >= 15 is 0 Å². The summed E-state index contributed by atoms with van der Waals surface area (Å²) in [7, 11) is 3.63. The fraction of sp³-hybridized carbons (Fsp3) is 0.308. The number of imidazole rings is 1. The van der Waals surface area contributed by atoms with Gasteiger partial charge in [-0.2, -0.15) is 0 Å². The van der Waals surface area contributed by atoms with Crippen molar-refractivity contribution < 1.29 is 4.74 Å². The fourth-order valence-electron chi connectivity index (χ4n) is 1.76. The van der Waals surface area contributed by atoms with Crippen LogP contribution in [0.4, 0.5) is 0 Å². The molecule has 1 aromatic heterocycles.